The van der Waals surface area contributed by atoms with Crippen molar-refractivity contribution >= 4 is 23.0 Å². The van der Waals surface area contributed by atoms with Crippen molar-refractivity contribution < 1.29 is 14.0 Å². The van der Waals surface area contributed by atoms with Crippen molar-refractivity contribution in [3.8, 4) is 0 Å². The number of oxime groups is 1. The van der Waals surface area contributed by atoms with Gasteiger partial charge in [-0.15, -0.1) is 0 Å². The highest BCUT2D eigenvalue weighted by Gasteiger charge is 2.42. The second-order valence-corrected chi connectivity index (χ2v) is 6.44. The minimum Gasteiger partial charge on any atom is -0.379 e. The maximum absolute atomic E-state index is 13.4. The van der Waals surface area contributed by atoms with E-state index in [9.17, 15) is 9.18 Å². The first-order chi connectivity index (χ1) is 11.9. The minimum absolute atomic E-state index is 0.276. The largest absolute Gasteiger partial charge is 0.379 e. The van der Waals surface area contributed by atoms with Crippen LogP contribution >= 0.6 is 0 Å². The molecule has 5 nitrogen and oxygen atoms in total. The summed E-state index contributed by atoms with van der Waals surface area (Å²) in [7, 11) is 3.90. The lowest BCUT2D eigenvalue weighted by molar-refractivity contribution is -0.135. The number of halogens is 1. The van der Waals surface area contributed by atoms with Crippen LogP contribution in [0, 0.1) is 5.82 Å². The Balaban J connectivity index is 1.68. The highest BCUT2D eigenvalue weighted by molar-refractivity contribution is 6.07. The topological polar surface area (TPSA) is 53.9 Å². The van der Waals surface area contributed by atoms with Gasteiger partial charge < -0.3 is 15.1 Å². The lowest BCUT2D eigenvalue weighted by Gasteiger charge is -2.21. The standard InChI is InChI=1S/C19H20FN3O2/c1-19(12-17(22-25-19)13-5-4-6-14(20)11-13)18(24)21-15-7-9-16(10-8-15)23(2)3/h4-11H,12H2,1-3H3,(H,21,24)/t19-/m0/s1. The zero-order valence-corrected chi connectivity index (χ0v) is 14.4. The van der Waals surface area contributed by atoms with Gasteiger partial charge in [0.15, 0.2) is 0 Å². The van der Waals surface area contributed by atoms with Crippen molar-refractivity contribution in [2.45, 2.75) is 18.9 Å². The Morgan fingerprint density at radius 2 is 1.96 bits per heavy atom. The number of anilines is 2. The van der Waals surface area contributed by atoms with Crippen LogP contribution in [-0.2, 0) is 9.63 Å². The van der Waals surface area contributed by atoms with E-state index in [4.69, 9.17) is 4.84 Å². The molecule has 0 bridgehead atoms. The lowest BCUT2D eigenvalue weighted by Crippen LogP contribution is -2.40. The number of amides is 1. The van der Waals surface area contributed by atoms with Gasteiger partial charge in [0.2, 0.25) is 5.60 Å². The molecule has 0 saturated heterocycles. The van der Waals surface area contributed by atoms with E-state index in [1.54, 1.807) is 19.1 Å². The van der Waals surface area contributed by atoms with E-state index in [1.165, 1.54) is 12.1 Å². The molecule has 1 aliphatic heterocycles. The molecule has 0 aliphatic carbocycles. The first-order valence-electron chi connectivity index (χ1n) is 7.97. The fourth-order valence-corrected chi connectivity index (χ4v) is 2.59. The highest BCUT2D eigenvalue weighted by atomic mass is 19.1. The average molecular weight is 341 g/mol. The molecule has 0 unspecified atom stereocenters. The first kappa shape index (κ1) is 17.0. The summed E-state index contributed by atoms with van der Waals surface area (Å²) in [5.41, 5.74) is 1.77. The van der Waals surface area contributed by atoms with Crippen molar-refractivity contribution in [3.05, 3.63) is 59.9 Å². The Morgan fingerprint density at radius 3 is 2.60 bits per heavy atom. The van der Waals surface area contributed by atoms with Gasteiger partial charge in [0, 0.05) is 37.5 Å². The van der Waals surface area contributed by atoms with Gasteiger partial charge >= 0.3 is 0 Å². The highest BCUT2D eigenvalue weighted by Crippen LogP contribution is 2.28. The third-order valence-corrected chi connectivity index (χ3v) is 4.14. The summed E-state index contributed by atoms with van der Waals surface area (Å²) in [6.07, 6.45) is 0.276. The van der Waals surface area contributed by atoms with Crippen LogP contribution in [0.15, 0.2) is 53.7 Å². The second-order valence-electron chi connectivity index (χ2n) is 6.44. The molecular formula is C19H20FN3O2. The predicted molar refractivity (Wildman–Crippen MR) is 96.4 cm³/mol. The molecule has 0 fully saturated rings. The summed E-state index contributed by atoms with van der Waals surface area (Å²) < 4.78 is 13.4. The number of hydrogen-bond donors (Lipinski definition) is 1. The number of nitrogens with zero attached hydrogens (tertiary/aromatic N) is 2. The van der Waals surface area contributed by atoms with Gasteiger partial charge in [-0.05, 0) is 43.3 Å². The summed E-state index contributed by atoms with van der Waals surface area (Å²) in [6.45, 7) is 1.67. The van der Waals surface area contributed by atoms with Crippen molar-refractivity contribution in [1.82, 2.24) is 0 Å². The molecule has 0 radical (unpaired) electrons. The lowest BCUT2D eigenvalue weighted by atomic mass is 9.95. The summed E-state index contributed by atoms with van der Waals surface area (Å²) in [5, 5.41) is 6.83. The summed E-state index contributed by atoms with van der Waals surface area (Å²) in [5.74, 6) is -0.639. The molecule has 0 spiro atoms. The third kappa shape index (κ3) is 3.63. The van der Waals surface area contributed by atoms with Crippen molar-refractivity contribution in [1.29, 1.82) is 0 Å². The number of benzene rings is 2. The van der Waals surface area contributed by atoms with E-state index >= 15 is 0 Å². The van der Waals surface area contributed by atoms with Crippen LogP contribution < -0.4 is 10.2 Å². The van der Waals surface area contributed by atoms with Gasteiger partial charge in [-0.2, -0.15) is 0 Å². The molecule has 2 aromatic rings. The molecule has 3 rings (SSSR count). The van der Waals surface area contributed by atoms with Crippen LogP contribution in [0.2, 0.25) is 0 Å². The zero-order chi connectivity index (χ0) is 18.0. The fraction of sp³-hybridized carbons (Fsp3) is 0.263. The molecular weight excluding hydrogens is 321 g/mol. The quantitative estimate of drug-likeness (QED) is 0.927. The molecule has 6 heteroatoms. The first-order valence-corrected chi connectivity index (χ1v) is 7.97. The van der Waals surface area contributed by atoms with E-state index < -0.39 is 5.60 Å². The van der Waals surface area contributed by atoms with E-state index in [-0.39, 0.29) is 18.1 Å². The van der Waals surface area contributed by atoms with Gasteiger partial charge in [0.05, 0.1) is 5.71 Å². The maximum Gasteiger partial charge on any atom is 0.271 e. The Morgan fingerprint density at radius 1 is 1.24 bits per heavy atom. The van der Waals surface area contributed by atoms with Crippen LogP contribution in [0.1, 0.15) is 18.9 Å². The van der Waals surface area contributed by atoms with Crippen molar-refractivity contribution in [3.63, 3.8) is 0 Å². The zero-order valence-electron chi connectivity index (χ0n) is 14.4. The van der Waals surface area contributed by atoms with E-state index in [1.807, 2.05) is 43.3 Å². The number of hydrogen-bond acceptors (Lipinski definition) is 4. The van der Waals surface area contributed by atoms with Crippen molar-refractivity contribution in [2.75, 3.05) is 24.3 Å². The Bertz CT molecular complexity index is 818. The molecule has 130 valence electrons. The Hall–Kier alpha value is -2.89. The van der Waals surface area contributed by atoms with E-state index in [0.29, 0.717) is 17.0 Å². The molecule has 1 atom stereocenters. The molecule has 25 heavy (non-hydrogen) atoms. The number of rotatable bonds is 4. The summed E-state index contributed by atoms with van der Waals surface area (Å²) in [6, 6.07) is 13.6. The van der Waals surface area contributed by atoms with E-state index in [0.717, 1.165) is 5.69 Å². The van der Waals surface area contributed by atoms with Gasteiger partial charge in [-0.3, -0.25) is 4.79 Å². The average Bonchev–Trinajstić information content (AvgIpc) is 2.99. The number of carbonyl (C=O) groups is 1. The van der Waals surface area contributed by atoms with Gasteiger partial charge in [-0.25, -0.2) is 4.39 Å². The summed E-state index contributed by atoms with van der Waals surface area (Å²) >= 11 is 0. The monoisotopic (exact) mass is 341 g/mol. The van der Waals surface area contributed by atoms with Crippen molar-refractivity contribution in [2.24, 2.45) is 5.16 Å². The molecule has 0 saturated carbocycles. The normalized spacial score (nSPS) is 19.1. The van der Waals surface area contributed by atoms with Gasteiger partial charge in [0.25, 0.3) is 5.91 Å². The molecule has 2 aromatic carbocycles. The molecule has 1 N–H and O–H groups in total. The number of carbonyl (C=O) groups excluding carboxylic acids is 1. The molecule has 1 amide bonds. The van der Waals surface area contributed by atoms with Crippen LogP contribution in [-0.4, -0.2) is 31.3 Å². The fourth-order valence-electron chi connectivity index (χ4n) is 2.59. The third-order valence-electron chi connectivity index (χ3n) is 4.14. The summed E-state index contributed by atoms with van der Waals surface area (Å²) in [4.78, 5) is 20.0. The van der Waals surface area contributed by atoms with Gasteiger partial charge in [0.1, 0.15) is 5.82 Å². The van der Waals surface area contributed by atoms with E-state index in [2.05, 4.69) is 10.5 Å². The SMILES string of the molecule is CN(C)c1ccc(NC(=O)[C@]2(C)CC(c3cccc(F)c3)=NO2)cc1. The Labute approximate surface area is 146 Å². The molecule has 0 aromatic heterocycles. The maximum atomic E-state index is 13.4. The van der Waals surface area contributed by atoms with Crippen LogP contribution in [0.5, 0.6) is 0 Å². The minimum atomic E-state index is -1.12. The van der Waals surface area contributed by atoms with Crippen LogP contribution in [0.4, 0.5) is 15.8 Å². The molecule has 1 heterocycles. The predicted octanol–water partition coefficient (Wildman–Crippen LogP) is 3.41. The van der Waals surface area contributed by atoms with Gasteiger partial charge in [-0.1, -0.05) is 17.3 Å². The Kier molecular flexibility index (Phi) is 4.44. The smallest absolute Gasteiger partial charge is 0.271 e. The van der Waals surface area contributed by atoms with Crippen LogP contribution in [0.25, 0.3) is 0 Å². The number of nitrogens with one attached hydrogen (secondary N) is 1. The molecule has 1 aliphatic rings. The van der Waals surface area contributed by atoms with Crippen LogP contribution in [0.3, 0.4) is 0 Å². The second kappa shape index (κ2) is 6.55.